The van der Waals surface area contributed by atoms with Gasteiger partial charge in [0.15, 0.2) is 0 Å². The first kappa shape index (κ1) is 22.1. The van der Waals surface area contributed by atoms with E-state index in [0.29, 0.717) is 24.3 Å². The van der Waals surface area contributed by atoms with Gasteiger partial charge in [-0.1, -0.05) is 60.7 Å². The van der Waals surface area contributed by atoms with Crippen LogP contribution in [0.5, 0.6) is 0 Å². The van der Waals surface area contributed by atoms with Gasteiger partial charge in [0, 0.05) is 6.61 Å². The molecule has 0 bridgehead atoms. The minimum absolute atomic E-state index is 0.0587. The van der Waals surface area contributed by atoms with Crippen molar-refractivity contribution < 1.29 is 24.3 Å². The van der Waals surface area contributed by atoms with E-state index in [2.05, 4.69) is 13.8 Å². The monoisotopic (exact) mass is 386 g/mol. The molecule has 28 heavy (non-hydrogen) atoms. The topological polar surface area (TPSA) is 60.2 Å². The van der Waals surface area contributed by atoms with Crippen molar-refractivity contribution in [1.82, 2.24) is 0 Å². The summed E-state index contributed by atoms with van der Waals surface area (Å²) in [6, 6.07) is 18.7. The fourth-order valence-electron chi connectivity index (χ4n) is 3.39. The van der Waals surface area contributed by atoms with E-state index < -0.39 is 17.7 Å². The van der Waals surface area contributed by atoms with Gasteiger partial charge in [-0.15, -0.1) is 0 Å². The maximum absolute atomic E-state index is 13.3. The summed E-state index contributed by atoms with van der Waals surface area (Å²) >= 11 is 0. The lowest BCUT2D eigenvalue weighted by atomic mass is 9.86. The van der Waals surface area contributed by atoms with Crippen LogP contribution in [0.2, 0.25) is 0 Å². The van der Waals surface area contributed by atoms with Crippen molar-refractivity contribution in [3.63, 3.8) is 0 Å². The number of ether oxygens (including phenoxy) is 2. The molecule has 0 aliphatic carbocycles. The van der Waals surface area contributed by atoms with Gasteiger partial charge < -0.3 is 19.5 Å². The second kappa shape index (κ2) is 11.0. The van der Waals surface area contributed by atoms with Gasteiger partial charge in [0.25, 0.3) is 0 Å². The van der Waals surface area contributed by atoms with Gasteiger partial charge in [0.05, 0.1) is 13.1 Å². The standard InChI is InChI=1S/C23H31NO4/c1-4-24(5-2)17-21(25)18-27-22(26)23(28-6-3,19-13-9-7-10-14-19)20-15-11-8-12-16-20/h7-16,21,25H,4-6,17-18H2,1-3H3/p+1/t21-/m0/s1. The van der Waals surface area contributed by atoms with E-state index in [0.717, 1.165) is 13.1 Å². The molecule has 0 aliphatic heterocycles. The zero-order chi connectivity index (χ0) is 20.4. The van der Waals surface area contributed by atoms with E-state index in [1.165, 1.54) is 4.90 Å². The summed E-state index contributed by atoms with van der Waals surface area (Å²) in [5.41, 5.74) is 0.0489. The van der Waals surface area contributed by atoms with Crippen molar-refractivity contribution in [3.05, 3.63) is 71.8 Å². The van der Waals surface area contributed by atoms with Crippen LogP contribution in [-0.4, -0.2) is 50.0 Å². The minimum Gasteiger partial charge on any atom is -0.460 e. The summed E-state index contributed by atoms with van der Waals surface area (Å²) in [7, 11) is 0. The average Bonchev–Trinajstić information content (AvgIpc) is 2.75. The highest BCUT2D eigenvalue weighted by Gasteiger charge is 2.45. The van der Waals surface area contributed by atoms with Gasteiger partial charge in [0.2, 0.25) is 5.60 Å². The van der Waals surface area contributed by atoms with Gasteiger partial charge in [-0.25, -0.2) is 4.79 Å². The molecule has 0 fully saturated rings. The molecule has 2 aromatic carbocycles. The maximum Gasteiger partial charge on any atom is 0.347 e. The smallest absolute Gasteiger partial charge is 0.347 e. The number of nitrogens with one attached hydrogen (secondary N) is 1. The van der Waals surface area contributed by atoms with Crippen LogP contribution in [0.15, 0.2) is 60.7 Å². The van der Waals surface area contributed by atoms with Gasteiger partial charge in [0.1, 0.15) is 19.3 Å². The van der Waals surface area contributed by atoms with Crippen molar-refractivity contribution >= 4 is 5.97 Å². The second-order valence-electron chi connectivity index (χ2n) is 6.76. The summed E-state index contributed by atoms with van der Waals surface area (Å²) in [5, 5.41) is 10.3. The number of likely N-dealkylation sites (N-methyl/N-ethyl adjacent to an activating group) is 1. The van der Waals surface area contributed by atoms with Gasteiger partial charge in [-0.3, -0.25) is 0 Å². The van der Waals surface area contributed by atoms with Crippen LogP contribution >= 0.6 is 0 Å². The second-order valence-corrected chi connectivity index (χ2v) is 6.76. The molecule has 0 radical (unpaired) electrons. The number of hydrogen-bond donors (Lipinski definition) is 2. The number of carbonyl (C=O) groups excluding carboxylic acids is 1. The van der Waals surface area contributed by atoms with Crippen molar-refractivity contribution in [1.29, 1.82) is 0 Å². The van der Waals surface area contributed by atoms with E-state index in [4.69, 9.17) is 9.47 Å². The first-order chi connectivity index (χ1) is 13.6. The predicted octanol–water partition coefficient (Wildman–Crippen LogP) is 1.80. The first-order valence-corrected chi connectivity index (χ1v) is 10.0. The van der Waals surface area contributed by atoms with Crippen molar-refractivity contribution in [2.75, 3.05) is 32.8 Å². The fourth-order valence-corrected chi connectivity index (χ4v) is 3.39. The van der Waals surface area contributed by atoms with E-state index in [-0.39, 0.29) is 6.61 Å². The zero-order valence-corrected chi connectivity index (χ0v) is 17.1. The normalized spacial score (nSPS) is 12.8. The molecule has 1 atom stereocenters. The first-order valence-electron chi connectivity index (χ1n) is 10.0. The number of hydrogen-bond acceptors (Lipinski definition) is 4. The molecule has 0 heterocycles. The number of quaternary nitrogens is 1. The lowest BCUT2D eigenvalue weighted by Gasteiger charge is -2.32. The Morgan fingerprint density at radius 1 is 0.964 bits per heavy atom. The summed E-state index contributed by atoms with van der Waals surface area (Å²) in [6.45, 7) is 8.65. The molecular formula is C23H32NO4+. The Labute approximate surface area is 167 Å². The highest BCUT2D eigenvalue weighted by atomic mass is 16.6. The number of benzene rings is 2. The summed E-state index contributed by atoms with van der Waals surface area (Å²) in [6.07, 6.45) is -0.718. The van der Waals surface area contributed by atoms with Gasteiger partial charge >= 0.3 is 5.97 Å². The van der Waals surface area contributed by atoms with Gasteiger partial charge in [-0.2, -0.15) is 0 Å². The zero-order valence-electron chi connectivity index (χ0n) is 17.1. The Balaban J connectivity index is 2.30. The minimum atomic E-state index is -1.36. The molecule has 2 rings (SSSR count). The Morgan fingerprint density at radius 2 is 1.46 bits per heavy atom. The van der Waals surface area contributed by atoms with Crippen LogP contribution in [0.25, 0.3) is 0 Å². The molecular weight excluding hydrogens is 354 g/mol. The number of aliphatic hydroxyl groups excluding tert-OH is 1. The Hall–Kier alpha value is -2.21. The average molecular weight is 387 g/mol. The van der Waals surface area contributed by atoms with E-state index in [1.807, 2.05) is 67.6 Å². The lowest BCUT2D eigenvalue weighted by Crippen LogP contribution is -3.12. The van der Waals surface area contributed by atoms with Crippen molar-refractivity contribution in [2.24, 2.45) is 0 Å². The molecule has 0 unspecified atom stereocenters. The maximum atomic E-state index is 13.3. The van der Waals surface area contributed by atoms with Crippen LogP contribution in [0, 0.1) is 0 Å². The van der Waals surface area contributed by atoms with Crippen LogP contribution in [0.4, 0.5) is 0 Å². The highest BCUT2D eigenvalue weighted by Crippen LogP contribution is 2.35. The molecule has 0 amide bonds. The lowest BCUT2D eigenvalue weighted by molar-refractivity contribution is -0.899. The van der Waals surface area contributed by atoms with Crippen LogP contribution < -0.4 is 4.90 Å². The predicted molar refractivity (Wildman–Crippen MR) is 109 cm³/mol. The molecule has 2 N–H and O–H groups in total. The summed E-state index contributed by atoms with van der Waals surface area (Å²) < 4.78 is 11.7. The summed E-state index contributed by atoms with van der Waals surface area (Å²) in [5.74, 6) is -0.514. The third-order valence-electron chi connectivity index (χ3n) is 4.94. The third kappa shape index (κ3) is 5.19. The van der Waals surface area contributed by atoms with Crippen LogP contribution in [-0.2, 0) is 19.9 Å². The fraction of sp³-hybridized carbons (Fsp3) is 0.435. The molecule has 0 saturated heterocycles. The molecule has 5 heteroatoms. The number of carbonyl (C=O) groups is 1. The van der Waals surface area contributed by atoms with E-state index in [1.54, 1.807) is 0 Å². The van der Waals surface area contributed by atoms with Gasteiger partial charge in [-0.05, 0) is 31.9 Å². The van der Waals surface area contributed by atoms with E-state index in [9.17, 15) is 9.90 Å². The Kier molecular flexibility index (Phi) is 8.64. The molecule has 0 saturated carbocycles. The molecule has 0 spiro atoms. The third-order valence-corrected chi connectivity index (χ3v) is 4.94. The largest absolute Gasteiger partial charge is 0.460 e. The Morgan fingerprint density at radius 3 is 1.89 bits per heavy atom. The van der Waals surface area contributed by atoms with Crippen molar-refractivity contribution in [2.45, 2.75) is 32.5 Å². The highest BCUT2D eigenvalue weighted by molar-refractivity contribution is 5.85. The molecule has 152 valence electrons. The number of rotatable bonds is 11. The summed E-state index contributed by atoms with van der Waals surface area (Å²) in [4.78, 5) is 14.6. The number of aliphatic hydroxyl groups is 1. The molecule has 0 aromatic heterocycles. The van der Waals surface area contributed by atoms with Crippen LogP contribution in [0.3, 0.4) is 0 Å². The quantitative estimate of drug-likeness (QED) is 0.578. The molecule has 5 nitrogen and oxygen atoms in total. The molecule has 2 aromatic rings. The SMILES string of the molecule is CCOC(C(=O)OC[C@@H](O)C[NH+](CC)CC)(c1ccccc1)c1ccccc1. The van der Waals surface area contributed by atoms with E-state index >= 15 is 0 Å². The molecule has 0 aliphatic rings. The number of esters is 1. The van der Waals surface area contributed by atoms with Crippen LogP contribution in [0.1, 0.15) is 31.9 Å². The van der Waals surface area contributed by atoms with Crippen molar-refractivity contribution in [3.8, 4) is 0 Å². The Bertz CT molecular complexity index is 662.